The van der Waals surface area contributed by atoms with Crippen molar-refractivity contribution in [2.75, 3.05) is 17.3 Å². The summed E-state index contributed by atoms with van der Waals surface area (Å²) >= 11 is 2.87. The van der Waals surface area contributed by atoms with Gasteiger partial charge in [0.15, 0.2) is 10.9 Å². The summed E-state index contributed by atoms with van der Waals surface area (Å²) in [7, 11) is 0. The number of benzene rings is 2. The average molecular weight is 398 g/mol. The van der Waals surface area contributed by atoms with Gasteiger partial charge in [-0.25, -0.2) is 4.98 Å². The molecule has 3 rings (SSSR count). The largest absolute Gasteiger partial charge is 0.333 e. The van der Waals surface area contributed by atoms with E-state index in [0.717, 1.165) is 21.8 Å². The number of imidazole rings is 1. The summed E-state index contributed by atoms with van der Waals surface area (Å²) in [5.41, 5.74) is 3.32. The number of rotatable bonds is 7. The Labute approximate surface area is 166 Å². The summed E-state index contributed by atoms with van der Waals surface area (Å²) in [5, 5.41) is 3.49. The second-order valence-corrected chi connectivity index (χ2v) is 7.59. The molecule has 1 heterocycles. The van der Waals surface area contributed by atoms with Crippen molar-refractivity contribution in [3.63, 3.8) is 0 Å². The number of Topliss-reactive ketones (excluding diaryl/α,β-unsaturated/α-hetero) is 1. The first-order valence-electron chi connectivity index (χ1n) is 8.29. The Kier molecular flexibility index (Phi) is 6.36. The van der Waals surface area contributed by atoms with Crippen molar-refractivity contribution in [3.8, 4) is 11.3 Å². The molecular formula is C20H19N3O2S2. The fourth-order valence-corrected chi connectivity index (χ4v) is 3.84. The third-order valence-corrected chi connectivity index (χ3v) is 5.48. The minimum atomic E-state index is -0.132. The number of aromatic amines is 1. The highest BCUT2D eigenvalue weighted by molar-refractivity contribution is 7.99. The van der Waals surface area contributed by atoms with Crippen LogP contribution in [-0.4, -0.2) is 33.7 Å². The molecular weight excluding hydrogens is 378 g/mol. The molecule has 2 N–H and O–H groups in total. The number of aromatic nitrogens is 2. The van der Waals surface area contributed by atoms with Crippen LogP contribution in [0.3, 0.4) is 0 Å². The zero-order valence-electron chi connectivity index (χ0n) is 15.0. The molecule has 0 unspecified atom stereocenters. The van der Waals surface area contributed by atoms with Gasteiger partial charge in [-0.05, 0) is 30.0 Å². The maximum atomic E-state index is 12.5. The van der Waals surface area contributed by atoms with Gasteiger partial charge in [-0.3, -0.25) is 9.59 Å². The molecule has 0 aliphatic carbocycles. The van der Waals surface area contributed by atoms with Gasteiger partial charge < -0.3 is 10.3 Å². The van der Waals surface area contributed by atoms with E-state index < -0.39 is 0 Å². The number of amides is 1. The predicted octanol–water partition coefficient (Wildman–Crippen LogP) is 4.73. The Bertz CT molecular complexity index is 955. The third kappa shape index (κ3) is 5.02. The minimum absolute atomic E-state index is 0.0161. The molecule has 0 aliphatic heterocycles. The Balaban J connectivity index is 1.66. The number of thioether (sulfide) groups is 2. The van der Waals surface area contributed by atoms with Crippen molar-refractivity contribution in [2.24, 2.45) is 0 Å². The van der Waals surface area contributed by atoms with Crippen molar-refractivity contribution < 1.29 is 9.59 Å². The number of H-pyrrole nitrogens is 1. The van der Waals surface area contributed by atoms with E-state index in [1.165, 1.54) is 30.4 Å². The first-order valence-corrected chi connectivity index (χ1v) is 10.5. The second kappa shape index (κ2) is 8.92. The summed E-state index contributed by atoms with van der Waals surface area (Å²) in [4.78, 5) is 32.2. The predicted molar refractivity (Wildman–Crippen MR) is 112 cm³/mol. The molecule has 0 saturated carbocycles. The fraction of sp³-hybridized carbons (Fsp3) is 0.150. The van der Waals surface area contributed by atoms with Crippen molar-refractivity contribution in [1.82, 2.24) is 9.97 Å². The van der Waals surface area contributed by atoms with E-state index in [1.807, 2.05) is 42.7 Å². The summed E-state index contributed by atoms with van der Waals surface area (Å²) in [5.74, 6) is 0.170. The quantitative estimate of drug-likeness (QED) is 0.445. The highest BCUT2D eigenvalue weighted by atomic mass is 32.2. The lowest BCUT2D eigenvalue weighted by molar-refractivity contribution is -0.114. The number of ketones is 1. The van der Waals surface area contributed by atoms with Crippen molar-refractivity contribution in [3.05, 3.63) is 60.3 Å². The number of nitrogens with zero attached hydrogens (tertiary/aromatic N) is 1. The lowest BCUT2D eigenvalue weighted by atomic mass is 10.1. The van der Waals surface area contributed by atoms with Gasteiger partial charge in [-0.15, -0.1) is 11.8 Å². The molecule has 0 atom stereocenters. The highest BCUT2D eigenvalue weighted by Crippen LogP contribution is 2.28. The molecule has 138 valence electrons. The molecule has 1 aromatic heterocycles. The standard InChI is InChI=1S/C20H19N3O2S2/c1-13(24)22-16-9-8-15(10-19(16)26-2)18(25)12-27-20-21-11-17(23-20)14-6-4-3-5-7-14/h3-11H,12H2,1-2H3,(H,21,23)(H,22,24). The van der Waals surface area contributed by atoms with Gasteiger partial charge in [-0.2, -0.15) is 0 Å². The monoisotopic (exact) mass is 397 g/mol. The van der Waals surface area contributed by atoms with Crippen LogP contribution in [0.2, 0.25) is 0 Å². The highest BCUT2D eigenvalue weighted by Gasteiger charge is 2.12. The molecule has 0 bridgehead atoms. The molecule has 5 nitrogen and oxygen atoms in total. The average Bonchev–Trinajstić information content (AvgIpc) is 3.16. The number of carbonyl (C=O) groups is 2. The van der Waals surface area contributed by atoms with Gasteiger partial charge in [0.25, 0.3) is 0 Å². The van der Waals surface area contributed by atoms with E-state index in [0.29, 0.717) is 10.7 Å². The molecule has 0 spiro atoms. The van der Waals surface area contributed by atoms with Crippen LogP contribution in [-0.2, 0) is 4.79 Å². The second-order valence-electron chi connectivity index (χ2n) is 5.78. The van der Waals surface area contributed by atoms with Crippen LogP contribution in [0, 0.1) is 0 Å². The van der Waals surface area contributed by atoms with Crippen LogP contribution >= 0.6 is 23.5 Å². The number of nitrogens with one attached hydrogen (secondary N) is 2. The van der Waals surface area contributed by atoms with Crippen LogP contribution in [0.5, 0.6) is 0 Å². The third-order valence-electron chi connectivity index (χ3n) is 3.81. The molecule has 0 fully saturated rings. The SMILES string of the molecule is CSc1cc(C(=O)CSc2ncc(-c3ccccc3)[nH]2)ccc1NC(C)=O. The first-order chi connectivity index (χ1) is 13.1. The zero-order valence-corrected chi connectivity index (χ0v) is 16.6. The van der Waals surface area contributed by atoms with Crippen LogP contribution in [0.1, 0.15) is 17.3 Å². The fourth-order valence-electron chi connectivity index (χ4n) is 2.52. The number of hydrogen-bond donors (Lipinski definition) is 2. The maximum absolute atomic E-state index is 12.5. The maximum Gasteiger partial charge on any atom is 0.221 e. The van der Waals surface area contributed by atoms with Crippen LogP contribution in [0.15, 0.2) is 64.8 Å². The lowest BCUT2D eigenvalue weighted by Gasteiger charge is -2.09. The Hall–Kier alpha value is -2.51. The van der Waals surface area contributed by atoms with E-state index in [9.17, 15) is 9.59 Å². The van der Waals surface area contributed by atoms with E-state index in [2.05, 4.69) is 15.3 Å². The Morgan fingerprint density at radius 2 is 1.93 bits per heavy atom. The molecule has 27 heavy (non-hydrogen) atoms. The number of carbonyl (C=O) groups excluding carboxylic acids is 2. The van der Waals surface area contributed by atoms with Gasteiger partial charge in [0.1, 0.15) is 0 Å². The lowest BCUT2D eigenvalue weighted by Crippen LogP contribution is -2.08. The summed E-state index contributed by atoms with van der Waals surface area (Å²) in [6.45, 7) is 1.47. The number of hydrogen-bond acceptors (Lipinski definition) is 5. The summed E-state index contributed by atoms with van der Waals surface area (Å²) in [6.07, 6.45) is 3.69. The van der Waals surface area contributed by atoms with Crippen molar-refractivity contribution in [1.29, 1.82) is 0 Å². The van der Waals surface area contributed by atoms with Gasteiger partial charge in [0.05, 0.1) is 23.3 Å². The van der Waals surface area contributed by atoms with E-state index in [4.69, 9.17) is 0 Å². The van der Waals surface area contributed by atoms with Gasteiger partial charge in [0.2, 0.25) is 5.91 Å². The molecule has 0 aliphatic rings. The first kappa shape index (κ1) is 19.3. The van der Waals surface area contributed by atoms with Gasteiger partial charge >= 0.3 is 0 Å². The van der Waals surface area contributed by atoms with Gasteiger partial charge in [0, 0.05) is 17.4 Å². The topological polar surface area (TPSA) is 74.8 Å². The van der Waals surface area contributed by atoms with Gasteiger partial charge in [-0.1, -0.05) is 42.1 Å². The van der Waals surface area contributed by atoms with E-state index in [-0.39, 0.29) is 17.4 Å². The van der Waals surface area contributed by atoms with Crippen molar-refractivity contribution >= 4 is 40.9 Å². The molecule has 1 amide bonds. The Morgan fingerprint density at radius 1 is 1.15 bits per heavy atom. The van der Waals surface area contributed by atoms with Crippen LogP contribution < -0.4 is 5.32 Å². The summed E-state index contributed by atoms with van der Waals surface area (Å²) < 4.78 is 0. The smallest absolute Gasteiger partial charge is 0.221 e. The molecule has 0 radical (unpaired) electrons. The zero-order chi connectivity index (χ0) is 19.2. The van der Waals surface area contributed by atoms with Crippen LogP contribution in [0.25, 0.3) is 11.3 Å². The molecule has 7 heteroatoms. The van der Waals surface area contributed by atoms with E-state index in [1.54, 1.807) is 18.3 Å². The van der Waals surface area contributed by atoms with Crippen molar-refractivity contribution in [2.45, 2.75) is 17.0 Å². The normalized spacial score (nSPS) is 10.6. The molecule has 3 aromatic rings. The molecule has 2 aromatic carbocycles. The molecule has 0 saturated heterocycles. The summed E-state index contributed by atoms with van der Waals surface area (Å²) in [6, 6.07) is 15.3. The Morgan fingerprint density at radius 3 is 2.63 bits per heavy atom. The number of anilines is 1. The van der Waals surface area contributed by atoms with Crippen LogP contribution in [0.4, 0.5) is 5.69 Å². The van der Waals surface area contributed by atoms with E-state index >= 15 is 0 Å². The minimum Gasteiger partial charge on any atom is -0.333 e.